The van der Waals surface area contributed by atoms with Gasteiger partial charge in [0.1, 0.15) is 0 Å². The van der Waals surface area contributed by atoms with Crippen LogP contribution in [0, 0.1) is 0 Å². The monoisotopic (exact) mass is 297 g/mol. The van der Waals surface area contributed by atoms with E-state index in [2.05, 4.69) is 15.1 Å². The first-order chi connectivity index (χ1) is 9.34. The number of hydrogen-bond acceptors (Lipinski definition) is 4. The van der Waals surface area contributed by atoms with E-state index in [-0.39, 0.29) is 5.25 Å². The number of aromatic nitrogens is 2. The second kappa shape index (κ2) is 6.22. The van der Waals surface area contributed by atoms with Crippen LogP contribution >= 0.6 is 23.5 Å². The van der Waals surface area contributed by atoms with Crippen LogP contribution in [0.15, 0.2) is 12.4 Å². The lowest BCUT2D eigenvalue weighted by Gasteiger charge is -2.35. The van der Waals surface area contributed by atoms with Crippen molar-refractivity contribution < 1.29 is 4.79 Å². The highest BCUT2D eigenvalue weighted by Crippen LogP contribution is 2.30. The van der Waals surface area contributed by atoms with E-state index in [1.807, 2.05) is 35.9 Å². The molecule has 2 fully saturated rings. The Bertz CT molecular complexity index is 418. The van der Waals surface area contributed by atoms with E-state index >= 15 is 0 Å². The number of rotatable bonds is 2. The lowest BCUT2D eigenvalue weighted by molar-refractivity contribution is -0.131. The maximum absolute atomic E-state index is 12.5. The van der Waals surface area contributed by atoms with Crippen molar-refractivity contribution in [3.8, 4) is 0 Å². The minimum Gasteiger partial charge on any atom is -0.341 e. The van der Waals surface area contributed by atoms with E-state index in [9.17, 15) is 4.79 Å². The normalized spacial score (nSPS) is 28.3. The third-order valence-electron chi connectivity index (χ3n) is 3.82. The van der Waals surface area contributed by atoms with Gasteiger partial charge in [-0.05, 0) is 18.4 Å². The molecule has 1 N–H and O–H groups in total. The quantitative estimate of drug-likeness (QED) is 0.906. The number of carbonyl (C=O) groups excluding carboxylic acids is 1. The molecule has 1 aromatic heterocycles. The summed E-state index contributed by atoms with van der Waals surface area (Å²) in [5.74, 6) is 4.09. The molecule has 3 heterocycles. The number of thioether (sulfide) groups is 2. The summed E-state index contributed by atoms with van der Waals surface area (Å²) in [6, 6.07) is 0. The highest BCUT2D eigenvalue weighted by Gasteiger charge is 2.31. The first-order valence-corrected chi connectivity index (χ1v) is 9.02. The van der Waals surface area contributed by atoms with Gasteiger partial charge in [0.15, 0.2) is 0 Å². The summed E-state index contributed by atoms with van der Waals surface area (Å²) < 4.78 is 0. The molecule has 104 valence electrons. The minimum absolute atomic E-state index is 0.182. The summed E-state index contributed by atoms with van der Waals surface area (Å²) in [7, 11) is 0. The standard InChI is InChI=1S/C13H19N3OS2/c17-13(12-9-18-4-5-19-12)16-3-1-2-10(8-16)11-6-14-15-7-11/h6-7,10,12H,1-5,8-9H2,(H,14,15). The Kier molecular flexibility index (Phi) is 4.38. The number of likely N-dealkylation sites (tertiary alicyclic amines) is 1. The Morgan fingerprint density at radius 3 is 3.16 bits per heavy atom. The molecule has 4 nitrogen and oxygen atoms in total. The van der Waals surface area contributed by atoms with Crippen molar-refractivity contribution in [3.05, 3.63) is 18.0 Å². The third kappa shape index (κ3) is 3.11. The highest BCUT2D eigenvalue weighted by atomic mass is 32.2. The molecule has 6 heteroatoms. The lowest BCUT2D eigenvalue weighted by atomic mass is 9.93. The molecule has 19 heavy (non-hydrogen) atoms. The van der Waals surface area contributed by atoms with Gasteiger partial charge in [0.25, 0.3) is 0 Å². The Morgan fingerprint density at radius 2 is 2.42 bits per heavy atom. The molecule has 0 radical (unpaired) electrons. The van der Waals surface area contributed by atoms with Crippen molar-refractivity contribution in [2.45, 2.75) is 24.0 Å². The molecule has 1 aromatic rings. The van der Waals surface area contributed by atoms with Gasteiger partial charge in [-0.1, -0.05) is 0 Å². The van der Waals surface area contributed by atoms with Gasteiger partial charge in [-0.3, -0.25) is 9.89 Å². The molecule has 2 aliphatic heterocycles. The molecule has 0 aliphatic carbocycles. The average Bonchev–Trinajstić information content (AvgIpc) is 3.02. The highest BCUT2D eigenvalue weighted by molar-refractivity contribution is 8.07. The summed E-state index contributed by atoms with van der Waals surface area (Å²) in [5.41, 5.74) is 1.24. The van der Waals surface area contributed by atoms with Crippen LogP contribution in [-0.4, -0.2) is 56.6 Å². The summed E-state index contributed by atoms with van der Waals surface area (Å²) in [6.07, 6.45) is 6.12. The predicted octanol–water partition coefficient (Wildman–Crippen LogP) is 1.96. The smallest absolute Gasteiger partial charge is 0.236 e. The maximum Gasteiger partial charge on any atom is 0.236 e. The molecule has 3 rings (SSSR count). The number of amides is 1. The van der Waals surface area contributed by atoms with Gasteiger partial charge in [-0.2, -0.15) is 16.9 Å². The van der Waals surface area contributed by atoms with Crippen LogP contribution in [0.4, 0.5) is 0 Å². The molecule has 2 saturated heterocycles. The van der Waals surface area contributed by atoms with Gasteiger partial charge in [0, 0.05) is 42.5 Å². The van der Waals surface area contributed by atoms with E-state index < -0.39 is 0 Å². The first-order valence-electron chi connectivity index (χ1n) is 6.81. The molecule has 0 spiro atoms. The zero-order chi connectivity index (χ0) is 13.1. The average molecular weight is 297 g/mol. The topological polar surface area (TPSA) is 49.0 Å². The van der Waals surface area contributed by atoms with Gasteiger partial charge < -0.3 is 4.90 Å². The van der Waals surface area contributed by atoms with Gasteiger partial charge in [-0.15, -0.1) is 11.8 Å². The second-order valence-corrected chi connectivity index (χ2v) is 7.55. The van der Waals surface area contributed by atoms with E-state index in [1.54, 1.807) is 0 Å². The summed E-state index contributed by atoms with van der Waals surface area (Å²) in [6.45, 7) is 1.79. The van der Waals surface area contributed by atoms with E-state index in [4.69, 9.17) is 0 Å². The van der Waals surface area contributed by atoms with Crippen molar-refractivity contribution in [1.82, 2.24) is 15.1 Å². The van der Waals surface area contributed by atoms with Crippen LogP contribution in [0.5, 0.6) is 0 Å². The van der Waals surface area contributed by atoms with Crippen LogP contribution in [0.25, 0.3) is 0 Å². The predicted molar refractivity (Wildman–Crippen MR) is 80.7 cm³/mol. The van der Waals surface area contributed by atoms with Gasteiger partial charge in [0.2, 0.25) is 5.91 Å². The Labute approximate surface area is 122 Å². The van der Waals surface area contributed by atoms with Crippen molar-refractivity contribution in [2.24, 2.45) is 0 Å². The summed E-state index contributed by atoms with van der Waals surface area (Å²) in [5, 5.41) is 7.08. The molecule has 2 aliphatic rings. The largest absolute Gasteiger partial charge is 0.341 e. The van der Waals surface area contributed by atoms with E-state index in [1.165, 1.54) is 11.3 Å². The molecular formula is C13H19N3OS2. The van der Waals surface area contributed by atoms with Crippen LogP contribution in [-0.2, 0) is 4.79 Å². The van der Waals surface area contributed by atoms with Crippen LogP contribution < -0.4 is 0 Å². The molecule has 0 aromatic carbocycles. The molecular weight excluding hydrogens is 278 g/mol. The maximum atomic E-state index is 12.5. The minimum atomic E-state index is 0.182. The number of hydrogen-bond donors (Lipinski definition) is 1. The van der Waals surface area contributed by atoms with Crippen LogP contribution in [0.3, 0.4) is 0 Å². The molecule has 1 amide bonds. The number of nitrogens with zero attached hydrogens (tertiary/aromatic N) is 2. The number of carbonyl (C=O) groups is 1. The number of aromatic amines is 1. The fourth-order valence-electron chi connectivity index (χ4n) is 2.77. The molecule has 2 unspecified atom stereocenters. The number of nitrogens with one attached hydrogen (secondary N) is 1. The van der Waals surface area contributed by atoms with Crippen molar-refractivity contribution >= 4 is 29.4 Å². The van der Waals surface area contributed by atoms with Gasteiger partial charge in [0.05, 0.1) is 11.4 Å². The third-order valence-corrected chi connectivity index (χ3v) is 6.56. The summed E-state index contributed by atoms with van der Waals surface area (Å²) in [4.78, 5) is 14.6. The Balaban J connectivity index is 1.62. The second-order valence-electron chi connectivity index (χ2n) is 5.09. The fraction of sp³-hybridized carbons (Fsp3) is 0.692. The Morgan fingerprint density at radius 1 is 1.47 bits per heavy atom. The molecule has 2 atom stereocenters. The van der Waals surface area contributed by atoms with Crippen LogP contribution in [0.2, 0.25) is 0 Å². The zero-order valence-corrected chi connectivity index (χ0v) is 12.5. The van der Waals surface area contributed by atoms with Crippen LogP contribution in [0.1, 0.15) is 24.3 Å². The van der Waals surface area contributed by atoms with E-state index in [0.717, 1.165) is 37.4 Å². The first kappa shape index (κ1) is 13.4. The summed E-state index contributed by atoms with van der Waals surface area (Å²) >= 11 is 3.74. The Hall–Kier alpha value is -0.620. The van der Waals surface area contributed by atoms with Crippen molar-refractivity contribution in [2.75, 3.05) is 30.3 Å². The number of H-pyrrole nitrogens is 1. The fourth-order valence-corrected chi connectivity index (χ4v) is 5.40. The van der Waals surface area contributed by atoms with Gasteiger partial charge in [-0.25, -0.2) is 0 Å². The molecule has 0 bridgehead atoms. The SMILES string of the molecule is O=C(C1CSCCS1)N1CCCC(c2cn[nH]c2)C1. The molecule has 0 saturated carbocycles. The van der Waals surface area contributed by atoms with Crippen molar-refractivity contribution in [3.63, 3.8) is 0 Å². The zero-order valence-electron chi connectivity index (χ0n) is 10.9. The van der Waals surface area contributed by atoms with E-state index in [0.29, 0.717) is 11.8 Å². The van der Waals surface area contributed by atoms with Crippen molar-refractivity contribution in [1.29, 1.82) is 0 Å². The van der Waals surface area contributed by atoms with Gasteiger partial charge >= 0.3 is 0 Å². The number of piperidine rings is 1. The lowest BCUT2D eigenvalue weighted by Crippen LogP contribution is -2.44.